The molecule has 4 rings (SSSR count). The number of nitriles is 1. The summed E-state index contributed by atoms with van der Waals surface area (Å²) < 4.78 is 12.2. The summed E-state index contributed by atoms with van der Waals surface area (Å²) in [6, 6.07) is 23.5. The molecule has 0 aliphatic rings. The van der Waals surface area contributed by atoms with E-state index in [0.717, 1.165) is 0 Å². The van der Waals surface area contributed by atoms with E-state index in [9.17, 15) is 14.9 Å². The van der Waals surface area contributed by atoms with Gasteiger partial charge in [-0.2, -0.15) is 5.26 Å². The fourth-order valence-electron chi connectivity index (χ4n) is 3.40. The molecular weight excluding hydrogens is 380 g/mol. The maximum atomic E-state index is 12.7. The Morgan fingerprint density at radius 1 is 0.967 bits per heavy atom. The van der Waals surface area contributed by atoms with Crippen LogP contribution in [0.5, 0.6) is 0 Å². The monoisotopic (exact) mass is 398 g/mol. The highest BCUT2D eigenvalue weighted by Crippen LogP contribution is 2.27. The number of ether oxygens (including phenoxy) is 1. The van der Waals surface area contributed by atoms with Crippen molar-refractivity contribution in [1.29, 1.82) is 5.26 Å². The predicted octanol–water partition coefficient (Wildman–Crippen LogP) is 4.38. The third kappa shape index (κ3) is 3.74. The van der Waals surface area contributed by atoms with E-state index in [-0.39, 0.29) is 6.61 Å². The number of hydrogen-bond donors (Lipinski definition) is 0. The SMILES string of the molecule is N#Cc1ccccc1-c1ccccc1C(=O)OCCCn1c(=O)oc2ccccc21. The molecule has 4 aromatic rings. The largest absolute Gasteiger partial charge is 0.462 e. The molecule has 0 unspecified atom stereocenters. The van der Waals surface area contributed by atoms with Gasteiger partial charge in [0.2, 0.25) is 0 Å². The molecule has 0 N–H and O–H groups in total. The van der Waals surface area contributed by atoms with Crippen LogP contribution in [0.1, 0.15) is 22.3 Å². The van der Waals surface area contributed by atoms with Crippen molar-refractivity contribution in [3.8, 4) is 17.2 Å². The molecule has 0 atom stereocenters. The van der Waals surface area contributed by atoms with Gasteiger partial charge in [-0.05, 0) is 36.2 Å². The number of oxazole rings is 1. The fraction of sp³-hybridized carbons (Fsp3) is 0.125. The number of fused-ring (bicyclic) bond motifs is 1. The lowest BCUT2D eigenvalue weighted by atomic mass is 9.96. The number of para-hydroxylation sites is 2. The molecule has 0 amide bonds. The summed E-state index contributed by atoms with van der Waals surface area (Å²) in [5.41, 5.74) is 3.47. The molecule has 0 radical (unpaired) electrons. The van der Waals surface area contributed by atoms with Crippen LogP contribution in [0.25, 0.3) is 22.2 Å². The second kappa shape index (κ2) is 8.50. The molecule has 0 aliphatic heterocycles. The Labute approximate surface area is 172 Å². The summed E-state index contributed by atoms with van der Waals surface area (Å²) in [6.45, 7) is 0.529. The summed E-state index contributed by atoms with van der Waals surface area (Å²) in [5, 5.41) is 9.37. The number of carbonyl (C=O) groups excluding carboxylic acids is 1. The van der Waals surface area contributed by atoms with Crippen molar-refractivity contribution in [2.24, 2.45) is 0 Å². The molecule has 0 fully saturated rings. The molecule has 3 aromatic carbocycles. The normalized spacial score (nSPS) is 10.6. The summed E-state index contributed by atoms with van der Waals surface area (Å²) in [4.78, 5) is 24.7. The van der Waals surface area contributed by atoms with Crippen LogP contribution in [0.4, 0.5) is 0 Å². The summed E-state index contributed by atoms with van der Waals surface area (Å²) in [6.07, 6.45) is 0.464. The lowest BCUT2D eigenvalue weighted by molar-refractivity contribution is 0.0497. The van der Waals surface area contributed by atoms with Gasteiger partial charge in [-0.25, -0.2) is 9.59 Å². The van der Waals surface area contributed by atoms with E-state index in [2.05, 4.69) is 6.07 Å². The maximum Gasteiger partial charge on any atom is 0.419 e. The Morgan fingerprint density at radius 2 is 1.67 bits per heavy atom. The summed E-state index contributed by atoms with van der Waals surface area (Å²) in [7, 11) is 0. The van der Waals surface area contributed by atoms with Gasteiger partial charge in [0.25, 0.3) is 0 Å². The molecular formula is C24H18N2O4. The van der Waals surface area contributed by atoms with Crippen LogP contribution in [-0.4, -0.2) is 17.1 Å². The zero-order valence-corrected chi connectivity index (χ0v) is 16.1. The van der Waals surface area contributed by atoms with Gasteiger partial charge in [0.15, 0.2) is 5.58 Å². The van der Waals surface area contributed by atoms with Crippen LogP contribution in [0, 0.1) is 11.3 Å². The minimum absolute atomic E-state index is 0.152. The van der Waals surface area contributed by atoms with E-state index < -0.39 is 11.7 Å². The fourth-order valence-corrected chi connectivity index (χ4v) is 3.40. The van der Waals surface area contributed by atoms with Crippen LogP contribution < -0.4 is 5.76 Å². The molecule has 0 spiro atoms. The van der Waals surface area contributed by atoms with Crippen molar-refractivity contribution >= 4 is 17.1 Å². The number of aromatic nitrogens is 1. The second-order valence-corrected chi connectivity index (χ2v) is 6.68. The lowest BCUT2D eigenvalue weighted by Crippen LogP contribution is -2.16. The molecule has 1 heterocycles. The van der Waals surface area contributed by atoms with Gasteiger partial charge in [0, 0.05) is 12.1 Å². The molecule has 1 aromatic heterocycles. The lowest BCUT2D eigenvalue weighted by Gasteiger charge is -2.11. The number of aryl methyl sites for hydroxylation is 1. The second-order valence-electron chi connectivity index (χ2n) is 6.68. The van der Waals surface area contributed by atoms with Gasteiger partial charge in [-0.3, -0.25) is 4.57 Å². The number of carbonyl (C=O) groups is 1. The van der Waals surface area contributed by atoms with Gasteiger partial charge >= 0.3 is 11.7 Å². The van der Waals surface area contributed by atoms with Crippen molar-refractivity contribution in [3.63, 3.8) is 0 Å². The minimum atomic E-state index is -0.470. The van der Waals surface area contributed by atoms with Gasteiger partial charge in [0.1, 0.15) is 0 Å². The highest BCUT2D eigenvalue weighted by Gasteiger charge is 2.16. The average molecular weight is 398 g/mol. The molecule has 6 nitrogen and oxygen atoms in total. The number of benzene rings is 3. The number of hydrogen-bond acceptors (Lipinski definition) is 5. The van der Waals surface area contributed by atoms with Crippen molar-refractivity contribution in [3.05, 3.63) is 94.5 Å². The zero-order chi connectivity index (χ0) is 20.9. The Kier molecular flexibility index (Phi) is 5.44. The first-order valence-electron chi connectivity index (χ1n) is 9.53. The smallest absolute Gasteiger partial charge is 0.419 e. The Morgan fingerprint density at radius 3 is 2.50 bits per heavy atom. The van der Waals surface area contributed by atoms with Crippen molar-refractivity contribution in [1.82, 2.24) is 4.57 Å². The van der Waals surface area contributed by atoms with Gasteiger partial charge in [-0.1, -0.05) is 48.5 Å². The Balaban J connectivity index is 1.46. The van der Waals surface area contributed by atoms with Gasteiger partial charge < -0.3 is 9.15 Å². The predicted molar refractivity (Wildman–Crippen MR) is 112 cm³/mol. The topological polar surface area (TPSA) is 85.2 Å². The first kappa shape index (κ1) is 19.2. The van der Waals surface area contributed by atoms with Gasteiger partial charge in [0.05, 0.1) is 29.3 Å². The molecule has 30 heavy (non-hydrogen) atoms. The van der Waals surface area contributed by atoms with Crippen molar-refractivity contribution in [2.75, 3.05) is 6.61 Å². The Bertz CT molecular complexity index is 1310. The van der Waals surface area contributed by atoms with E-state index in [4.69, 9.17) is 9.15 Å². The third-order valence-corrected chi connectivity index (χ3v) is 4.82. The van der Waals surface area contributed by atoms with Crippen LogP contribution in [0.15, 0.2) is 82.0 Å². The minimum Gasteiger partial charge on any atom is -0.462 e. The van der Waals surface area contributed by atoms with Crippen molar-refractivity contribution < 1.29 is 13.9 Å². The van der Waals surface area contributed by atoms with Crippen molar-refractivity contribution in [2.45, 2.75) is 13.0 Å². The van der Waals surface area contributed by atoms with E-state index in [1.54, 1.807) is 48.5 Å². The standard InChI is InChI=1S/C24H18N2O4/c25-16-17-8-1-2-9-18(17)19-10-3-4-11-20(19)23(27)29-15-7-14-26-21-12-5-6-13-22(21)30-24(26)28/h1-6,8-13H,7,14-15H2. The maximum absolute atomic E-state index is 12.7. The summed E-state index contributed by atoms with van der Waals surface area (Å²) in [5.74, 6) is -0.899. The van der Waals surface area contributed by atoms with Crippen LogP contribution in [-0.2, 0) is 11.3 Å². The molecule has 6 heteroatoms. The third-order valence-electron chi connectivity index (χ3n) is 4.82. The average Bonchev–Trinajstić information content (AvgIpc) is 3.11. The summed E-state index contributed by atoms with van der Waals surface area (Å²) >= 11 is 0. The molecule has 0 bridgehead atoms. The van der Waals surface area contributed by atoms with Crippen LogP contribution in [0.3, 0.4) is 0 Å². The molecule has 148 valence electrons. The quantitative estimate of drug-likeness (QED) is 0.355. The number of nitrogens with zero attached hydrogens (tertiary/aromatic N) is 2. The zero-order valence-electron chi connectivity index (χ0n) is 16.1. The van der Waals surface area contributed by atoms with E-state index in [1.807, 2.05) is 24.3 Å². The van der Waals surface area contributed by atoms with E-state index in [1.165, 1.54) is 4.57 Å². The van der Waals surface area contributed by atoms with E-state index in [0.29, 0.717) is 46.3 Å². The number of esters is 1. The molecule has 0 saturated heterocycles. The molecule has 0 aliphatic carbocycles. The van der Waals surface area contributed by atoms with Crippen LogP contribution in [0.2, 0.25) is 0 Å². The highest BCUT2D eigenvalue weighted by atomic mass is 16.5. The van der Waals surface area contributed by atoms with Crippen LogP contribution >= 0.6 is 0 Å². The first-order valence-corrected chi connectivity index (χ1v) is 9.53. The Hall–Kier alpha value is -4.11. The molecule has 0 saturated carbocycles. The first-order chi connectivity index (χ1) is 14.7. The van der Waals surface area contributed by atoms with E-state index >= 15 is 0 Å². The van der Waals surface area contributed by atoms with Gasteiger partial charge in [-0.15, -0.1) is 0 Å². The number of rotatable bonds is 6. The highest BCUT2D eigenvalue weighted by molar-refractivity contribution is 5.98.